The zero-order chi connectivity index (χ0) is 19.5. The van der Waals surface area contributed by atoms with E-state index in [-0.39, 0.29) is 11.9 Å². The Kier molecular flexibility index (Phi) is 5.41. The van der Waals surface area contributed by atoms with Crippen LogP contribution in [0, 0.1) is 6.92 Å². The summed E-state index contributed by atoms with van der Waals surface area (Å²) in [4.78, 5) is 15.6. The van der Waals surface area contributed by atoms with Crippen LogP contribution in [0.15, 0.2) is 53.1 Å². The number of hydrogen-bond donors (Lipinski definition) is 3. The molecule has 0 bridgehead atoms. The first-order valence-electron chi connectivity index (χ1n) is 9.98. The number of quaternary nitrogens is 2. The molecule has 1 atom stereocenters. The number of aryl methyl sites for hydroxylation is 1. The number of rotatable bonds is 5. The van der Waals surface area contributed by atoms with E-state index in [1.54, 1.807) is 0 Å². The molecule has 1 saturated heterocycles. The lowest BCUT2D eigenvalue weighted by Gasteiger charge is -2.32. The number of piperazine rings is 1. The van der Waals surface area contributed by atoms with Crippen LogP contribution in [-0.4, -0.2) is 43.3 Å². The van der Waals surface area contributed by atoms with Crippen LogP contribution in [0.1, 0.15) is 18.4 Å². The first-order chi connectivity index (χ1) is 13.6. The standard InChI is InChI=1S/C22H26N4O2/c1-16-13-21(24-28-16)15-25-9-11-26(12-10-25)17(2)22(27)23-20-8-7-18-5-3-4-6-19(18)14-20/h3-8,13-14,17H,9-12,15H2,1-2H3,(H,23,27)/p+2/t17-/m1/s1. The van der Waals surface area contributed by atoms with Crippen LogP contribution in [-0.2, 0) is 11.3 Å². The highest BCUT2D eigenvalue weighted by Gasteiger charge is 2.31. The van der Waals surface area contributed by atoms with Gasteiger partial charge in [0.05, 0.1) is 0 Å². The summed E-state index contributed by atoms with van der Waals surface area (Å²) in [6.07, 6.45) is 0. The van der Waals surface area contributed by atoms with Crippen molar-refractivity contribution in [1.29, 1.82) is 0 Å². The smallest absolute Gasteiger partial charge is 0.282 e. The molecule has 3 aromatic rings. The monoisotopic (exact) mass is 380 g/mol. The molecule has 0 unspecified atom stereocenters. The summed E-state index contributed by atoms with van der Waals surface area (Å²) in [7, 11) is 0. The normalized spacial score (nSPS) is 20.8. The third kappa shape index (κ3) is 4.24. The molecule has 6 heteroatoms. The number of hydrogen-bond acceptors (Lipinski definition) is 3. The predicted octanol–water partition coefficient (Wildman–Crippen LogP) is 0.447. The van der Waals surface area contributed by atoms with Gasteiger partial charge in [-0.15, -0.1) is 0 Å². The minimum absolute atomic E-state index is 0.0673. The summed E-state index contributed by atoms with van der Waals surface area (Å²) in [5, 5.41) is 9.51. The van der Waals surface area contributed by atoms with E-state index < -0.39 is 0 Å². The molecule has 0 aliphatic carbocycles. The number of nitrogens with zero attached hydrogens (tertiary/aromatic N) is 1. The second-order valence-electron chi connectivity index (χ2n) is 7.79. The zero-order valence-electron chi connectivity index (χ0n) is 16.5. The second-order valence-corrected chi connectivity index (χ2v) is 7.79. The molecule has 0 spiro atoms. The molecule has 4 rings (SSSR count). The summed E-state index contributed by atoms with van der Waals surface area (Å²) in [6.45, 7) is 8.88. The molecule has 1 aliphatic rings. The molecule has 0 radical (unpaired) electrons. The van der Waals surface area contributed by atoms with Crippen molar-refractivity contribution in [2.45, 2.75) is 26.4 Å². The van der Waals surface area contributed by atoms with Gasteiger partial charge in [0.2, 0.25) is 0 Å². The molecule has 6 nitrogen and oxygen atoms in total. The van der Waals surface area contributed by atoms with Crippen LogP contribution in [0.3, 0.4) is 0 Å². The van der Waals surface area contributed by atoms with Crippen LogP contribution in [0.4, 0.5) is 5.69 Å². The summed E-state index contributed by atoms with van der Waals surface area (Å²) >= 11 is 0. The summed E-state index contributed by atoms with van der Waals surface area (Å²) in [6, 6.07) is 16.2. The number of carbonyl (C=O) groups excluding carboxylic acids is 1. The number of fused-ring (bicyclic) bond motifs is 1. The van der Waals surface area contributed by atoms with Gasteiger partial charge in [-0.05, 0) is 36.8 Å². The number of anilines is 1. The number of nitrogens with one attached hydrogen (secondary N) is 3. The first-order valence-corrected chi connectivity index (χ1v) is 9.98. The van der Waals surface area contributed by atoms with E-state index in [4.69, 9.17) is 4.52 Å². The minimum atomic E-state index is -0.0673. The van der Waals surface area contributed by atoms with Crippen molar-refractivity contribution in [2.24, 2.45) is 0 Å². The van der Waals surface area contributed by atoms with Crippen molar-refractivity contribution < 1.29 is 19.1 Å². The lowest BCUT2D eigenvalue weighted by Crippen LogP contribution is -3.29. The third-order valence-electron chi connectivity index (χ3n) is 5.73. The average molecular weight is 380 g/mol. The van der Waals surface area contributed by atoms with Crippen LogP contribution in [0.2, 0.25) is 0 Å². The van der Waals surface area contributed by atoms with E-state index in [1.165, 1.54) is 15.2 Å². The Hall–Kier alpha value is -2.70. The molecule has 28 heavy (non-hydrogen) atoms. The molecule has 2 heterocycles. The molecule has 1 aliphatic heterocycles. The Bertz CT molecular complexity index is 960. The molecule has 1 fully saturated rings. The molecule has 1 amide bonds. The van der Waals surface area contributed by atoms with Gasteiger partial charge < -0.3 is 19.6 Å². The van der Waals surface area contributed by atoms with Crippen molar-refractivity contribution in [3.63, 3.8) is 0 Å². The van der Waals surface area contributed by atoms with Crippen molar-refractivity contribution in [3.05, 3.63) is 60.0 Å². The average Bonchev–Trinajstić information content (AvgIpc) is 3.12. The molecule has 2 aromatic carbocycles. The van der Waals surface area contributed by atoms with Crippen LogP contribution >= 0.6 is 0 Å². The third-order valence-corrected chi connectivity index (χ3v) is 5.73. The second kappa shape index (κ2) is 8.12. The van der Waals surface area contributed by atoms with E-state index in [0.29, 0.717) is 0 Å². The summed E-state index contributed by atoms with van der Waals surface area (Å²) in [5.41, 5.74) is 1.87. The number of amides is 1. The lowest BCUT2D eigenvalue weighted by molar-refractivity contribution is -1.02. The molecule has 0 saturated carbocycles. The van der Waals surface area contributed by atoms with E-state index in [1.807, 2.05) is 44.2 Å². The van der Waals surface area contributed by atoms with Gasteiger partial charge in [-0.25, -0.2) is 0 Å². The fourth-order valence-corrected chi connectivity index (χ4v) is 3.99. The van der Waals surface area contributed by atoms with E-state index in [0.717, 1.165) is 55.3 Å². The predicted molar refractivity (Wildman–Crippen MR) is 108 cm³/mol. The Morgan fingerprint density at radius 2 is 1.86 bits per heavy atom. The highest BCUT2D eigenvalue weighted by Crippen LogP contribution is 2.18. The number of carbonyl (C=O) groups is 1. The maximum Gasteiger partial charge on any atom is 0.282 e. The Morgan fingerprint density at radius 3 is 2.57 bits per heavy atom. The maximum absolute atomic E-state index is 12.8. The van der Waals surface area contributed by atoms with Gasteiger partial charge in [0.15, 0.2) is 6.04 Å². The minimum Gasteiger partial charge on any atom is -0.361 e. The fraction of sp³-hybridized carbons (Fsp3) is 0.364. The zero-order valence-corrected chi connectivity index (χ0v) is 16.5. The van der Waals surface area contributed by atoms with Gasteiger partial charge in [-0.3, -0.25) is 4.79 Å². The van der Waals surface area contributed by atoms with Crippen molar-refractivity contribution in [1.82, 2.24) is 5.16 Å². The number of aromatic nitrogens is 1. The topological polar surface area (TPSA) is 64.0 Å². The highest BCUT2D eigenvalue weighted by atomic mass is 16.5. The summed E-state index contributed by atoms with van der Waals surface area (Å²) < 4.78 is 5.16. The van der Waals surface area contributed by atoms with Crippen LogP contribution in [0.5, 0.6) is 0 Å². The van der Waals surface area contributed by atoms with Crippen LogP contribution < -0.4 is 15.1 Å². The molecule has 146 valence electrons. The van der Waals surface area contributed by atoms with Crippen molar-refractivity contribution >= 4 is 22.4 Å². The molecule has 3 N–H and O–H groups in total. The van der Waals surface area contributed by atoms with Crippen LogP contribution in [0.25, 0.3) is 10.8 Å². The fourth-order valence-electron chi connectivity index (χ4n) is 3.99. The first kappa shape index (κ1) is 18.7. The molecular formula is C22H28N4O2+2. The lowest BCUT2D eigenvalue weighted by atomic mass is 10.1. The van der Waals surface area contributed by atoms with E-state index in [2.05, 4.69) is 28.7 Å². The van der Waals surface area contributed by atoms with E-state index in [9.17, 15) is 4.79 Å². The largest absolute Gasteiger partial charge is 0.361 e. The van der Waals surface area contributed by atoms with Gasteiger partial charge in [-0.1, -0.05) is 35.5 Å². The van der Waals surface area contributed by atoms with Crippen molar-refractivity contribution in [3.8, 4) is 0 Å². The quantitative estimate of drug-likeness (QED) is 0.602. The maximum atomic E-state index is 12.8. The molecule has 1 aromatic heterocycles. The van der Waals surface area contributed by atoms with Gasteiger partial charge in [0.25, 0.3) is 5.91 Å². The van der Waals surface area contributed by atoms with E-state index >= 15 is 0 Å². The van der Waals surface area contributed by atoms with Gasteiger partial charge in [-0.2, -0.15) is 0 Å². The van der Waals surface area contributed by atoms with Gasteiger partial charge >= 0.3 is 0 Å². The van der Waals surface area contributed by atoms with Gasteiger partial charge in [0, 0.05) is 11.8 Å². The number of benzene rings is 2. The Balaban J connectivity index is 1.31. The SMILES string of the molecule is Cc1cc(C[NH+]2CC[NH+]([C@H](C)C(=O)Nc3ccc4ccccc4c3)CC2)no1. The molecular weight excluding hydrogens is 352 g/mol. The van der Waals surface area contributed by atoms with Crippen molar-refractivity contribution in [2.75, 3.05) is 31.5 Å². The van der Waals surface area contributed by atoms with Gasteiger partial charge in [0.1, 0.15) is 44.2 Å². The Labute approximate surface area is 165 Å². The highest BCUT2D eigenvalue weighted by molar-refractivity contribution is 5.96. The summed E-state index contributed by atoms with van der Waals surface area (Å²) in [5.74, 6) is 0.943. The Morgan fingerprint density at radius 1 is 1.11 bits per heavy atom.